The van der Waals surface area contributed by atoms with E-state index in [0.717, 1.165) is 50.0 Å². The Morgan fingerprint density at radius 1 is 1.35 bits per heavy atom. The number of nitriles is 1. The number of hydrogen-bond donors (Lipinski definition) is 1. The number of rotatable bonds is 3. The summed E-state index contributed by atoms with van der Waals surface area (Å²) in [5, 5.41) is 11.7. The van der Waals surface area contributed by atoms with Gasteiger partial charge >= 0.3 is 0 Å². The first-order valence-corrected chi connectivity index (χ1v) is 6.48. The summed E-state index contributed by atoms with van der Waals surface area (Å²) in [5.74, 6) is -1.83. The van der Waals surface area contributed by atoms with Crippen molar-refractivity contribution in [3.8, 4) is 6.07 Å². The molecule has 0 atom stereocenters. The van der Waals surface area contributed by atoms with Crippen LogP contribution in [-0.4, -0.2) is 11.9 Å². The fourth-order valence-electron chi connectivity index (χ4n) is 2.26. The predicted molar refractivity (Wildman–Crippen MR) is 70.3 cm³/mol. The molecule has 1 aromatic rings. The molecule has 0 aliphatic heterocycles. The molecule has 1 aliphatic rings. The Morgan fingerprint density at radius 2 is 2.05 bits per heavy atom. The predicted octanol–water partition coefficient (Wildman–Crippen LogP) is 2.93. The van der Waals surface area contributed by atoms with Gasteiger partial charge in [-0.05, 0) is 37.1 Å². The number of nitrogens with one attached hydrogen (secondary N) is 1. The molecule has 0 saturated heterocycles. The summed E-state index contributed by atoms with van der Waals surface area (Å²) in [4.78, 5) is 11.9. The lowest BCUT2D eigenvalue weighted by Gasteiger charge is -2.11. The summed E-state index contributed by atoms with van der Waals surface area (Å²) in [5.41, 5.74) is -0.329. The van der Waals surface area contributed by atoms with Gasteiger partial charge < -0.3 is 5.32 Å². The van der Waals surface area contributed by atoms with E-state index in [1.54, 1.807) is 6.07 Å². The van der Waals surface area contributed by atoms with E-state index in [2.05, 4.69) is 5.32 Å². The summed E-state index contributed by atoms with van der Waals surface area (Å²) < 4.78 is 26.5. The second-order valence-electron chi connectivity index (χ2n) is 4.79. The van der Waals surface area contributed by atoms with Gasteiger partial charge in [0.25, 0.3) is 5.91 Å². The average molecular weight is 276 g/mol. The van der Waals surface area contributed by atoms with Crippen LogP contribution in [0.15, 0.2) is 23.8 Å². The third-order valence-electron chi connectivity index (χ3n) is 3.31. The summed E-state index contributed by atoms with van der Waals surface area (Å²) in [6.45, 7) is 0. The van der Waals surface area contributed by atoms with E-state index in [9.17, 15) is 13.6 Å². The molecule has 3 nitrogen and oxygen atoms in total. The number of hydrogen-bond acceptors (Lipinski definition) is 2. The second-order valence-corrected chi connectivity index (χ2v) is 4.79. The zero-order valence-electron chi connectivity index (χ0n) is 10.8. The van der Waals surface area contributed by atoms with Crippen LogP contribution in [0, 0.1) is 23.0 Å². The van der Waals surface area contributed by atoms with E-state index < -0.39 is 17.5 Å². The molecule has 0 bridgehead atoms. The Hall–Kier alpha value is -2.22. The Balaban J connectivity index is 2.18. The quantitative estimate of drug-likeness (QED) is 0.681. The van der Waals surface area contributed by atoms with Crippen molar-refractivity contribution in [1.82, 2.24) is 5.32 Å². The molecular formula is C15H14F2N2O. The highest BCUT2D eigenvalue weighted by Crippen LogP contribution is 2.19. The first-order chi connectivity index (χ1) is 9.60. The Labute approximate surface area is 115 Å². The van der Waals surface area contributed by atoms with Crippen LogP contribution in [0.4, 0.5) is 8.78 Å². The normalized spacial score (nSPS) is 15.9. The van der Waals surface area contributed by atoms with Crippen molar-refractivity contribution in [2.75, 3.05) is 0 Å². The van der Waals surface area contributed by atoms with E-state index in [1.807, 2.05) is 0 Å². The first kappa shape index (κ1) is 14.2. The molecule has 1 saturated carbocycles. The van der Waals surface area contributed by atoms with E-state index in [1.165, 1.54) is 0 Å². The van der Waals surface area contributed by atoms with Gasteiger partial charge in [-0.2, -0.15) is 5.26 Å². The number of benzene rings is 1. The standard InChI is InChI=1S/C15H14F2N2O/c16-12-5-6-14(17)10(8-12)7-11(9-18)15(20)19-13-3-1-2-4-13/h5-8,13H,1-4H2,(H,19,20). The molecule has 0 unspecified atom stereocenters. The minimum atomic E-state index is -0.673. The Morgan fingerprint density at radius 3 is 2.70 bits per heavy atom. The highest BCUT2D eigenvalue weighted by molar-refractivity contribution is 6.01. The molecule has 0 aromatic heterocycles. The topological polar surface area (TPSA) is 52.9 Å². The summed E-state index contributed by atoms with van der Waals surface area (Å²) in [7, 11) is 0. The van der Waals surface area contributed by atoms with Crippen LogP contribution in [-0.2, 0) is 4.79 Å². The van der Waals surface area contributed by atoms with Crippen molar-refractivity contribution >= 4 is 12.0 Å². The van der Waals surface area contributed by atoms with Crippen molar-refractivity contribution in [1.29, 1.82) is 5.26 Å². The number of carbonyl (C=O) groups is 1. The summed E-state index contributed by atoms with van der Waals surface area (Å²) >= 11 is 0. The highest BCUT2D eigenvalue weighted by Gasteiger charge is 2.19. The van der Waals surface area contributed by atoms with Gasteiger partial charge in [0.1, 0.15) is 23.3 Å². The summed E-state index contributed by atoms with van der Waals surface area (Å²) in [6, 6.07) is 4.70. The fourth-order valence-corrected chi connectivity index (χ4v) is 2.26. The molecule has 2 rings (SSSR count). The molecule has 0 spiro atoms. The van der Waals surface area contributed by atoms with Gasteiger partial charge in [-0.3, -0.25) is 4.79 Å². The first-order valence-electron chi connectivity index (χ1n) is 6.48. The van der Waals surface area contributed by atoms with Gasteiger partial charge in [-0.15, -0.1) is 0 Å². The third kappa shape index (κ3) is 3.41. The molecule has 1 amide bonds. The fraction of sp³-hybridized carbons (Fsp3) is 0.333. The van der Waals surface area contributed by atoms with E-state index in [-0.39, 0.29) is 17.2 Å². The van der Waals surface area contributed by atoms with Gasteiger partial charge in [-0.25, -0.2) is 8.78 Å². The van der Waals surface area contributed by atoms with E-state index in [0.29, 0.717) is 0 Å². The SMILES string of the molecule is N#CC(=Cc1cc(F)ccc1F)C(=O)NC1CCCC1. The molecule has 0 radical (unpaired) electrons. The van der Waals surface area contributed by atoms with Gasteiger partial charge in [0.2, 0.25) is 0 Å². The van der Waals surface area contributed by atoms with E-state index >= 15 is 0 Å². The molecule has 5 heteroatoms. The molecule has 1 N–H and O–H groups in total. The van der Waals surface area contributed by atoms with Crippen LogP contribution in [0.3, 0.4) is 0 Å². The number of amides is 1. The molecule has 104 valence electrons. The molecule has 0 heterocycles. The highest BCUT2D eigenvalue weighted by atomic mass is 19.1. The zero-order chi connectivity index (χ0) is 14.5. The Kier molecular flexibility index (Phi) is 4.46. The van der Waals surface area contributed by atoms with E-state index in [4.69, 9.17) is 5.26 Å². The lowest BCUT2D eigenvalue weighted by Crippen LogP contribution is -2.33. The average Bonchev–Trinajstić information content (AvgIpc) is 2.92. The van der Waals surface area contributed by atoms with Crippen LogP contribution in [0.2, 0.25) is 0 Å². The molecule has 1 aromatic carbocycles. The molecule has 1 fully saturated rings. The largest absolute Gasteiger partial charge is 0.349 e. The van der Waals surface area contributed by atoms with Crippen LogP contribution < -0.4 is 5.32 Å². The maximum Gasteiger partial charge on any atom is 0.262 e. The van der Waals surface area contributed by atoms with Gasteiger partial charge in [0, 0.05) is 11.6 Å². The smallest absolute Gasteiger partial charge is 0.262 e. The van der Waals surface area contributed by atoms with Crippen molar-refractivity contribution in [2.24, 2.45) is 0 Å². The Bertz CT molecular complexity index is 584. The van der Waals surface area contributed by atoms with Crippen LogP contribution in [0.1, 0.15) is 31.2 Å². The van der Waals surface area contributed by atoms with Crippen LogP contribution in [0.5, 0.6) is 0 Å². The molecule has 1 aliphatic carbocycles. The van der Waals surface area contributed by atoms with Gasteiger partial charge in [0.15, 0.2) is 0 Å². The van der Waals surface area contributed by atoms with Crippen molar-refractivity contribution in [3.63, 3.8) is 0 Å². The maximum atomic E-state index is 13.5. The van der Waals surface area contributed by atoms with Gasteiger partial charge in [0.05, 0.1) is 0 Å². The lowest BCUT2D eigenvalue weighted by molar-refractivity contribution is -0.117. The third-order valence-corrected chi connectivity index (χ3v) is 3.31. The zero-order valence-corrected chi connectivity index (χ0v) is 10.8. The maximum absolute atomic E-state index is 13.5. The number of halogens is 2. The van der Waals surface area contributed by atoms with Gasteiger partial charge in [-0.1, -0.05) is 12.8 Å². The lowest BCUT2D eigenvalue weighted by atomic mass is 10.1. The summed E-state index contributed by atoms with van der Waals surface area (Å²) in [6.07, 6.45) is 4.95. The second kappa shape index (κ2) is 6.29. The molecule has 20 heavy (non-hydrogen) atoms. The minimum absolute atomic E-state index is 0.0663. The van der Waals surface area contributed by atoms with Crippen molar-refractivity contribution < 1.29 is 13.6 Å². The van der Waals surface area contributed by atoms with Crippen LogP contribution >= 0.6 is 0 Å². The van der Waals surface area contributed by atoms with Crippen LogP contribution in [0.25, 0.3) is 6.08 Å². The number of nitrogens with zero attached hydrogens (tertiary/aromatic N) is 1. The molecular weight excluding hydrogens is 262 g/mol. The monoisotopic (exact) mass is 276 g/mol. The number of carbonyl (C=O) groups excluding carboxylic acids is 1. The van der Waals surface area contributed by atoms with Crippen molar-refractivity contribution in [2.45, 2.75) is 31.7 Å². The van der Waals surface area contributed by atoms with Crippen molar-refractivity contribution in [3.05, 3.63) is 41.0 Å². The minimum Gasteiger partial charge on any atom is -0.349 e.